The molecule has 0 unspecified atom stereocenters. The van der Waals surface area contributed by atoms with E-state index in [0.29, 0.717) is 27.8 Å². The number of nitrogens with zero attached hydrogens (tertiary/aromatic N) is 2. The maximum atomic E-state index is 13.3. The van der Waals surface area contributed by atoms with Crippen molar-refractivity contribution in [2.75, 3.05) is 10.2 Å². The molecule has 0 spiro atoms. The molecule has 1 saturated heterocycles. The van der Waals surface area contributed by atoms with E-state index in [1.54, 1.807) is 53.2 Å². The number of barbiturate groups is 1. The van der Waals surface area contributed by atoms with Gasteiger partial charge in [-0.1, -0.05) is 34.1 Å². The molecule has 2 heterocycles. The molecule has 0 aliphatic carbocycles. The monoisotopic (exact) mass is 560 g/mol. The normalized spacial score (nSPS) is 14.8. The van der Waals surface area contributed by atoms with E-state index >= 15 is 0 Å². The van der Waals surface area contributed by atoms with Crippen LogP contribution in [0.3, 0.4) is 0 Å². The van der Waals surface area contributed by atoms with Gasteiger partial charge in [0.15, 0.2) is 0 Å². The maximum absolute atomic E-state index is 13.3. The number of amides is 5. The Balaban J connectivity index is 1.47. The van der Waals surface area contributed by atoms with Crippen LogP contribution in [0.15, 0.2) is 89.0 Å². The lowest BCUT2D eigenvalue weighted by molar-refractivity contribution is -0.122. The van der Waals surface area contributed by atoms with E-state index in [2.05, 4.69) is 26.6 Å². The zero-order valence-corrected chi connectivity index (χ0v) is 20.7. The highest BCUT2D eigenvalue weighted by atomic mass is 79.9. The summed E-state index contributed by atoms with van der Waals surface area (Å²) in [5.41, 5.74) is 1.76. The zero-order chi connectivity index (χ0) is 26.1. The first-order chi connectivity index (χ1) is 17.8. The lowest BCUT2D eigenvalue weighted by atomic mass is 10.1. The molecule has 37 heavy (non-hydrogen) atoms. The van der Waals surface area contributed by atoms with Crippen LogP contribution in [0.1, 0.15) is 5.56 Å². The van der Waals surface area contributed by atoms with Gasteiger partial charge in [-0.2, -0.15) is 0 Å². The molecule has 8 nitrogen and oxygen atoms in total. The lowest BCUT2D eigenvalue weighted by Gasteiger charge is -2.26. The second kappa shape index (κ2) is 9.82. The Hall–Kier alpha value is -4.57. The van der Waals surface area contributed by atoms with Crippen LogP contribution in [0.25, 0.3) is 17.0 Å². The van der Waals surface area contributed by atoms with Gasteiger partial charge >= 0.3 is 6.03 Å². The molecule has 0 bridgehead atoms. The Bertz CT molecular complexity index is 1590. The van der Waals surface area contributed by atoms with Gasteiger partial charge in [0.05, 0.1) is 5.69 Å². The van der Waals surface area contributed by atoms with E-state index in [9.17, 15) is 23.6 Å². The highest BCUT2D eigenvalue weighted by Crippen LogP contribution is 2.27. The number of carbonyl (C=O) groups excluding carboxylic acids is 4. The van der Waals surface area contributed by atoms with Crippen LogP contribution >= 0.6 is 15.9 Å². The molecule has 1 fully saturated rings. The first-order valence-corrected chi connectivity index (χ1v) is 11.9. The van der Waals surface area contributed by atoms with E-state index < -0.39 is 23.7 Å². The first-order valence-electron chi connectivity index (χ1n) is 11.1. The van der Waals surface area contributed by atoms with Gasteiger partial charge in [0.1, 0.15) is 17.9 Å². The minimum atomic E-state index is -0.839. The van der Waals surface area contributed by atoms with Gasteiger partial charge in [0.2, 0.25) is 5.91 Å². The number of rotatable bonds is 5. The first kappa shape index (κ1) is 24.1. The molecule has 184 valence electrons. The molecule has 3 aromatic carbocycles. The SMILES string of the molecule is O=C(Cn1cc(/C=C2\C(=O)NC(=O)N(c3ccc(Br)cc3)C2=O)c2ccccc21)Nc1ccc(F)cc1. The van der Waals surface area contributed by atoms with Crippen molar-refractivity contribution < 1.29 is 23.6 Å². The summed E-state index contributed by atoms with van der Waals surface area (Å²) in [5, 5.41) is 5.63. The molecule has 10 heteroatoms. The Morgan fingerprint density at radius 3 is 2.41 bits per heavy atom. The van der Waals surface area contributed by atoms with Crippen molar-refractivity contribution in [3.63, 3.8) is 0 Å². The van der Waals surface area contributed by atoms with Gasteiger partial charge in [0, 0.05) is 32.8 Å². The molecule has 5 rings (SSSR count). The number of benzene rings is 3. The van der Waals surface area contributed by atoms with Gasteiger partial charge in [-0.05, 0) is 60.7 Å². The summed E-state index contributed by atoms with van der Waals surface area (Å²) in [7, 11) is 0. The summed E-state index contributed by atoms with van der Waals surface area (Å²) in [6.45, 7) is -0.0648. The number of halogens is 2. The van der Waals surface area contributed by atoms with E-state index in [1.165, 1.54) is 30.3 Å². The number of urea groups is 1. The van der Waals surface area contributed by atoms with Crippen LogP contribution in [-0.2, 0) is 20.9 Å². The summed E-state index contributed by atoms with van der Waals surface area (Å²) in [6, 6.07) is 18.3. The molecular formula is C27H18BrFN4O4. The number of aromatic nitrogens is 1. The van der Waals surface area contributed by atoms with Crippen molar-refractivity contribution in [1.82, 2.24) is 9.88 Å². The van der Waals surface area contributed by atoms with Crippen LogP contribution in [0.5, 0.6) is 0 Å². The average Bonchev–Trinajstić information content (AvgIpc) is 3.21. The fourth-order valence-corrected chi connectivity index (χ4v) is 4.31. The molecule has 5 amide bonds. The van der Waals surface area contributed by atoms with Crippen molar-refractivity contribution in [2.24, 2.45) is 0 Å². The summed E-state index contributed by atoms with van der Waals surface area (Å²) >= 11 is 3.31. The Morgan fingerprint density at radius 1 is 0.973 bits per heavy atom. The number of carbonyl (C=O) groups is 4. The second-order valence-electron chi connectivity index (χ2n) is 8.22. The number of para-hydroxylation sites is 1. The van der Waals surface area contributed by atoms with Crippen molar-refractivity contribution >= 4 is 68.0 Å². The van der Waals surface area contributed by atoms with Crippen molar-refractivity contribution in [2.45, 2.75) is 6.54 Å². The van der Waals surface area contributed by atoms with E-state index in [-0.39, 0.29) is 18.0 Å². The van der Waals surface area contributed by atoms with Crippen LogP contribution in [-0.4, -0.2) is 28.3 Å². The topological polar surface area (TPSA) is 101 Å². The van der Waals surface area contributed by atoms with Gasteiger partial charge in [-0.3, -0.25) is 19.7 Å². The van der Waals surface area contributed by atoms with Gasteiger partial charge in [-0.25, -0.2) is 14.1 Å². The maximum Gasteiger partial charge on any atom is 0.335 e. The number of hydrogen-bond donors (Lipinski definition) is 2. The summed E-state index contributed by atoms with van der Waals surface area (Å²) in [6.07, 6.45) is 3.07. The van der Waals surface area contributed by atoms with Crippen molar-refractivity contribution in [1.29, 1.82) is 0 Å². The number of anilines is 2. The van der Waals surface area contributed by atoms with Crippen LogP contribution in [0.2, 0.25) is 0 Å². The second-order valence-corrected chi connectivity index (χ2v) is 9.13. The summed E-state index contributed by atoms with van der Waals surface area (Å²) < 4.78 is 15.6. The zero-order valence-electron chi connectivity index (χ0n) is 19.1. The predicted molar refractivity (Wildman–Crippen MR) is 140 cm³/mol. The minimum Gasteiger partial charge on any atom is -0.337 e. The third kappa shape index (κ3) is 4.91. The highest BCUT2D eigenvalue weighted by Gasteiger charge is 2.37. The average molecular weight is 561 g/mol. The van der Waals surface area contributed by atoms with Gasteiger partial charge < -0.3 is 9.88 Å². The molecule has 0 saturated carbocycles. The quantitative estimate of drug-likeness (QED) is 0.269. The molecule has 1 aromatic heterocycles. The van der Waals surface area contributed by atoms with Crippen molar-refractivity contribution in [3.8, 4) is 0 Å². The number of hydrogen-bond acceptors (Lipinski definition) is 4. The fourth-order valence-electron chi connectivity index (χ4n) is 4.05. The minimum absolute atomic E-state index is 0.0648. The highest BCUT2D eigenvalue weighted by molar-refractivity contribution is 9.10. The van der Waals surface area contributed by atoms with Crippen LogP contribution < -0.4 is 15.5 Å². The third-order valence-corrected chi connectivity index (χ3v) is 6.28. The molecule has 1 aliphatic rings. The largest absolute Gasteiger partial charge is 0.337 e. The number of nitrogens with one attached hydrogen (secondary N) is 2. The smallest absolute Gasteiger partial charge is 0.335 e. The van der Waals surface area contributed by atoms with Crippen LogP contribution in [0, 0.1) is 5.82 Å². The molecule has 0 radical (unpaired) electrons. The van der Waals surface area contributed by atoms with Gasteiger partial charge in [0.25, 0.3) is 11.8 Å². The van der Waals surface area contributed by atoms with Gasteiger partial charge in [-0.15, -0.1) is 0 Å². The Morgan fingerprint density at radius 2 is 1.68 bits per heavy atom. The standard InChI is InChI=1S/C27H18BrFN4O4/c28-17-5-11-20(12-6-17)33-26(36)22(25(35)31-27(33)37)13-16-14-32(23-4-2-1-3-21(16)23)15-24(34)30-19-9-7-18(29)8-10-19/h1-14H,15H2,(H,30,34)(H,31,35,37)/b22-13+. The summed E-state index contributed by atoms with van der Waals surface area (Å²) in [5.74, 6) is -2.32. The lowest BCUT2D eigenvalue weighted by Crippen LogP contribution is -2.54. The molecule has 1 aliphatic heterocycles. The molecular weight excluding hydrogens is 543 g/mol. The predicted octanol–water partition coefficient (Wildman–Crippen LogP) is 4.85. The Labute approximate surface area is 218 Å². The third-order valence-electron chi connectivity index (χ3n) is 5.75. The molecule has 0 atom stereocenters. The number of imide groups is 2. The fraction of sp³-hybridized carbons (Fsp3) is 0.0370. The Kier molecular flexibility index (Phi) is 6.41. The van der Waals surface area contributed by atoms with Crippen LogP contribution in [0.4, 0.5) is 20.6 Å². The van der Waals surface area contributed by atoms with E-state index in [0.717, 1.165) is 9.37 Å². The van der Waals surface area contributed by atoms with E-state index in [4.69, 9.17) is 0 Å². The molecule has 4 aromatic rings. The van der Waals surface area contributed by atoms with E-state index in [1.807, 2.05) is 6.07 Å². The molecule has 2 N–H and O–H groups in total. The van der Waals surface area contributed by atoms with Crippen molar-refractivity contribution in [3.05, 3.63) is 100 Å². The number of fused-ring (bicyclic) bond motifs is 1. The summed E-state index contributed by atoms with van der Waals surface area (Å²) in [4.78, 5) is 51.9.